The van der Waals surface area contributed by atoms with Crippen molar-refractivity contribution < 1.29 is 23.1 Å². The minimum absolute atomic E-state index is 0.0701. The molecule has 0 aliphatic rings. The number of sulfone groups is 1. The van der Waals surface area contributed by atoms with Gasteiger partial charge in [-0.25, -0.2) is 13.2 Å². The van der Waals surface area contributed by atoms with Gasteiger partial charge in [-0.05, 0) is 19.3 Å². The lowest BCUT2D eigenvalue weighted by Crippen LogP contribution is -2.53. The maximum absolute atomic E-state index is 11.7. The van der Waals surface area contributed by atoms with E-state index in [9.17, 15) is 18.0 Å². The molecule has 0 saturated carbocycles. The van der Waals surface area contributed by atoms with Crippen LogP contribution in [0.4, 0.5) is 0 Å². The summed E-state index contributed by atoms with van der Waals surface area (Å²) >= 11 is 0. The van der Waals surface area contributed by atoms with Crippen molar-refractivity contribution in [2.24, 2.45) is 5.92 Å². The molecule has 7 heteroatoms. The van der Waals surface area contributed by atoms with Gasteiger partial charge in [0.2, 0.25) is 5.91 Å². The second-order valence-electron chi connectivity index (χ2n) is 5.38. The lowest BCUT2D eigenvalue weighted by Gasteiger charge is -2.25. The molecule has 1 unspecified atom stereocenters. The molecule has 6 nitrogen and oxygen atoms in total. The molecular weight excluding hydrogens is 270 g/mol. The Labute approximate surface area is 114 Å². The standard InChI is InChI=1S/C12H23NO5S/c1-5-6-12(4,11(15)16)13-10(14)8-19(17,18)7-9(2)3/h9H,5-8H2,1-4H3,(H,13,14)(H,15,16). The Bertz CT molecular complexity index is 429. The van der Waals surface area contributed by atoms with Gasteiger partial charge in [-0.3, -0.25) is 4.79 Å². The number of amides is 1. The normalized spacial score (nSPS) is 15.0. The highest BCUT2D eigenvalue weighted by Crippen LogP contribution is 2.13. The van der Waals surface area contributed by atoms with Crippen molar-refractivity contribution >= 4 is 21.7 Å². The van der Waals surface area contributed by atoms with Gasteiger partial charge < -0.3 is 10.4 Å². The molecule has 19 heavy (non-hydrogen) atoms. The summed E-state index contributed by atoms with van der Waals surface area (Å²) in [5.74, 6) is -2.75. The van der Waals surface area contributed by atoms with E-state index in [-0.39, 0.29) is 18.1 Å². The first kappa shape index (κ1) is 17.9. The SMILES string of the molecule is CCCC(C)(NC(=O)CS(=O)(=O)CC(C)C)C(=O)O. The van der Waals surface area contributed by atoms with Crippen LogP contribution in [0.15, 0.2) is 0 Å². The number of carbonyl (C=O) groups is 2. The molecule has 0 radical (unpaired) electrons. The Morgan fingerprint density at radius 1 is 1.32 bits per heavy atom. The molecule has 0 aliphatic heterocycles. The van der Waals surface area contributed by atoms with Crippen LogP contribution in [0.3, 0.4) is 0 Å². The first-order chi connectivity index (χ1) is 8.52. The van der Waals surface area contributed by atoms with Gasteiger partial charge in [-0.15, -0.1) is 0 Å². The van der Waals surface area contributed by atoms with Crippen LogP contribution in [0.2, 0.25) is 0 Å². The van der Waals surface area contributed by atoms with Crippen molar-refractivity contribution in [1.29, 1.82) is 0 Å². The Morgan fingerprint density at radius 2 is 1.84 bits per heavy atom. The van der Waals surface area contributed by atoms with E-state index < -0.39 is 33.0 Å². The van der Waals surface area contributed by atoms with E-state index in [0.717, 1.165) is 0 Å². The maximum Gasteiger partial charge on any atom is 0.329 e. The molecule has 0 aromatic heterocycles. The Balaban J connectivity index is 4.73. The zero-order valence-corrected chi connectivity index (χ0v) is 12.7. The maximum atomic E-state index is 11.7. The van der Waals surface area contributed by atoms with E-state index in [2.05, 4.69) is 5.32 Å². The van der Waals surface area contributed by atoms with E-state index in [1.54, 1.807) is 20.8 Å². The van der Waals surface area contributed by atoms with Gasteiger partial charge in [-0.1, -0.05) is 27.2 Å². The molecule has 0 rings (SSSR count). The van der Waals surface area contributed by atoms with Crippen LogP contribution >= 0.6 is 0 Å². The summed E-state index contributed by atoms with van der Waals surface area (Å²) in [6, 6.07) is 0. The molecule has 0 aliphatic carbocycles. The van der Waals surface area contributed by atoms with Crippen molar-refractivity contribution in [3.05, 3.63) is 0 Å². The van der Waals surface area contributed by atoms with Gasteiger partial charge in [-0.2, -0.15) is 0 Å². The molecule has 0 heterocycles. The van der Waals surface area contributed by atoms with Gasteiger partial charge in [0, 0.05) is 0 Å². The highest BCUT2D eigenvalue weighted by atomic mass is 32.2. The minimum Gasteiger partial charge on any atom is -0.480 e. The first-order valence-corrected chi connectivity index (χ1v) is 8.09. The van der Waals surface area contributed by atoms with Gasteiger partial charge in [0.25, 0.3) is 0 Å². The Hall–Kier alpha value is -1.11. The molecule has 0 spiro atoms. The summed E-state index contributed by atoms with van der Waals surface area (Å²) in [7, 11) is -3.50. The fraction of sp³-hybridized carbons (Fsp3) is 0.833. The van der Waals surface area contributed by atoms with Crippen LogP contribution in [-0.2, 0) is 19.4 Å². The third kappa shape index (κ3) is 6.56. The number of carbonyl (C=O) groups excluding carboxylic acids is 1. The van der Waals surface area contributed by atoms with Gasteiger partial charge in [0.1, 0.15) is 11.3 Å². The number of carboxylic acids is 1. The molecule has 112 valence electrons. The van der Waals surface area contributed by atoms with Crippen LogP contribution < -0.4 is 5.32 Å². The lowest BCUT2D eigenvalue weighted by molar-refractivity contribution is -0.146. The minimum atomic E-state index is -3.50. The lowest BCUT2D eigenvalue weighted by atomic mass is 9.96. The van der Waals surface area contributed by atoms with E-state index in [0.29, 0.717) is 6.42 Å². The smallest absolute Gasteiger partial charge is 0.329 e. The number of rotatable bonds is 8. The molecule has 1 atom stereocenters. The van der Waals surface area contributed by atoms with Crippen LogP contribution in [0.5, 0.6) is 0 Å². The topological polar surface area (TPSA) is 101 Å². The number of carboxylic acid groups (broad SMARTS) is 1. The molecular formula is C12H23NO5S. The van der Waals surface area contributed by atoms with Crippen LogP contribution in [0.1, 0.15) is 40.5 Å². The largest absolute Gasteiger partial charge is 0.480 e. The number of hydrogen-bond donors (Lipinski definition) is 2. The van der Waals surface area contributed by atoms with Crippen molar-refractivity contribution in [1.82, 2.24) is 5.32 Å². The second kappa shape index (κ2) is 6.88. The number of aliphatic carboxylic acids is 1. The van der Waals surface area contributed by atoms with Gasteiger partial charge >= 0.3 is 5.97 Å². The Kier molecular flexibility index (Phi) is 6.48. The monoisotopic (exact) mass is 293 g/mol. The molecule has 0 aromatic carbocycles. The molecule has 0 bridgehead atoms. The van der Waals surface area contributed by atoms with Gasteiger partial charge in [0.15, 0.2) is 9.84 Å². The van der Waals surface area contributed by atoms with E-state index in [4.69, 9.17) is 5.11 Å². The third-order valence-corrected chi connectivity index (χ3v) is 4.45. The summed E-state index contributed by atoms with van der Waals surface area (Å²) in [4.78, 5) is 22.8. The van der Waals surface area contributed by atoms with Crippen LogP contribution in [-0.4, -0.2) is 42.4 Å². The van der Waals surface area contributed by atoms with Gasteiger partial charge in [0.05, 0.1) is 5.75 Å². The van der Waals surface area contributed by atoms with Crippen molar-refractivity contribution in [2.75, 3.05) is 11.5 Å². The zero-order valence-electron chi connectivity index (χ0n) is 11.9. The van der Waals surface area contributed by atoms with E-state index >= 15 is 0 Å². The summed E-state index contributed by atoms with van der Waals surface area (Å²) in [6.07, 6.45) is 0.820. The van der Waals surface area contributed by atoms with Crippen molar-refractivity contribution in [2.45, 2.75) is 46.1 Å². The van der Waals surface area contributed by atoms with Crippen LogP contribution in [0, 0.1) is 5.92 Å². The summed E-state index contributed by atoms with van der Waals surface area (Å²) in [6.45, 7) is 6.66. The highest BCUT2D eigenvalue weighted by molar-refractivity contribution is 7.92. The zero-order chi connectivity index (χ0) is 15.3. The fourth-order valence-electron chi connectivity index (χ4n) is 1.83. The molecule has 0 aromatic rings. The van der Waals surface area contributed by atoms with Crippen molar-refractivity contribution in [3.8, 4) is 0 Å². The fourth-order valence-corrected chi connectivity index (χ4v) is 3.44. The van der Waals surface area contributed by atoms with Crippen molar-refractivity contribution in [3.63, 3.8) is 0 Å². The van der Waals surface area contributed by atoms with Crippen LogP contribution in [0.25, 0.3) is 0 Å². The summed E-state index contributed by atoms with van der Waals surface area (Å²) < 4.78 is 23.3. The number of nitrogens with one attached hydrogen (secondary N) is 1. The third-order valence-electron chi connectivity index (χ3n) is 2.58. The first-order valence-electron chi connectivity index (χ1n) is 6.27. The average molecular weight is 293 g/mol. The quantitative estimate of drug-likeness (QED) is 0.690. The molecule has 0 fully saturated rings. The predicted molar refractivity (Wildman–Crippen MR) is 72.6 cm³/mol. The molecule has 2 N–H and O–H groups in total. The average Bonchev–Trinajstić information content (AvgIpc) is 2.13. The summed E-state index contributed by atoms with van der Waals surface area (Å²) in [5.41, 5.74) is -1.42. The van der Waals surface area contributed by atoms with E-state index in [1.165, 1.54) is 6.92 Å². The predicted octanol–water partition coefficient (Wildman–Crippen LogP) is 0.817. The van der Waals surface area contributed by atoms with E-state index in [1.807, 2.05) is 0 Å². The second-order valence-corrected chi connectivity index (χ2v) is 7.49. The highest BCUT2D eigenvalue weighted by Gasteiger charge is 2.34. The molecule has 0 saturated heterocycles. The summed E-state index contributed by atoms with van der Waals surface area (Å²) in [5, 5.41) is 11.4. The number of hydrogen-bond acceptors (Lipinski definition) is 4. The molecule has 1 amide bonds. The Morgan fingerprint density at radius 3 is 2.21 bits per heavy atom.